The molecule has 0 unspecified atom stereocenters. The molecule has 0 saturated heterocycles. The van der Waals surface area contributed by atoms with E-state index in [4.69, 9.17) is 0 Å². The maximum absolute atomic E-state index is 13.2. The third-order valence-electron chi connectivity index (χ3n) is 3.60. The Morgan fingerprint density at radius 3 is 2.53 bits per heavy atom. The zero-order valence-electron chi connectivity index (χ0n) is 10.6. The van der Waals surface area contributed by atoms with Crippen LogP contribution in [0.1, 0.15) is 16.7 Å². The number of nitrogens with zero attached hydrogens (tertiary/aromatic N) is 1. The van der Waals surface area contributed by atoms with Gasteiger partial charge in [-0.2, -0.15) is 0 Å². The summed E-state index contributed by atoms with van der Waals surface area (Å²) in [5.74, 6) is -1.55. The molecule has 1 heterocycles. The Kier molecular flexibility index (Phi) is 3.30. The fraction of sp³-hybridized carbons (Fsp3) is 0.250. The van der Waals surface area contributed by atoms with Gasteiger partial charge in [-0.05, 0) is 35.2 Å². The monoisotopic (exact) mass is 259 g/mol. The lowest BCUT2D eigenvalue weighted by Gasteiger charge is -2.28. The van der Waals surface area contributed by atoms with Crippen molar-refractivity contribution in [2.75, 3.05) is 6.54 Å². The molecule has 0 N–H and O–H groups in total. The molecule has 0 saturated carbocycles. The van der Waals surface area contributed by atoms with Crippen molar-refractivity contribution < 1.29 is 8.78 Å². The molecule has 2 aromatic carbocycles. The first kappa shape index (κ1) is 12.3. The third-order valence-corrected chi connectivity index (χ3v) is 3.60. The normalized spacial score (nSPS) is 15.3. The second-order valence-corrected chi connectivity index (χ2v) is 4.98. The van der Waals surface area contributed by atoms with Gasteiger partial charge in [-0.3, -0.25) is 4.90 Å². The molecule has 0 amide bonds. The van der Waals surface area contributed by atoms with E-state index in [2.05, 4.69) is 23.1 Å². The molecule has 2 aromatic rings. The summed E-state index contributed by atoms with van der Waals surface area (Å²) in [4.78, 5) is 2.26. The van der Waals surface area contributed by atoms with Gasteiger partial charge in [0.1, 0.15) is 0 Å². The Balaban J connectivity index is 1.73. The van der Waals surface area contributed by atoms with Crippen LogP contribution < -0.4 is 0 Å². The van der Waals surface area contributed by atoms with Gasteiger partial charge >= 0.3 is 0 Å². The van der Waals surface area contributed by atoms with E-state index in [0.717, 1.165) is 25.1 Å². The largest absolute Gasteiger partial charge is 0.294 e. The molecule has 0 bridgehead atoms. The zero-order valence-corrected chi connectivity index (χ0v) is 10.6. The summed E-state index contributed by atoms with van der Waals surface area (Å²) in [5.41, 5.74) is 3.54. The SMILES string of the molecule is Fc1ccc(CN2CCc3ccccc3C2)cc1F. The molecule has 98 valence electrons. The minimum absolute atomic E-state index is 0.658. The highest BCUT2D eigenvalue weighted by Gasteiger charge is 2.16. The average Bonchev–Trinajstić information content (AvgIpc) is 2.43. The van der Waals surface area contributed by atoms with Gasteiger partial charge in [-0.25, -0.2) is 8.78 Å². The van der Waals surface area contributed by atoms with E-state index in [0.29, 0.717) is 6.54 Å². The van der Waals surface area contributed by atoms with Gasteiger partial charge in [-0.1, -0.05) is 30.3 Å². The molecule has 1 aliphatic rings. The van der Waals surface area contributed by atoms with E-state index < -0.39 is 11.6 Å². The second-order valence-electron chi connectivity index (χ2n) is 4.98. The number of fused-ring (bicyclic) bond motifs is 1. The predicted molar refractivity (Wildman–Crippen MR) is 70.6 cm³/mol. The molecule has 0 aromatic heterocycles. The minimum Gasteiger partial charge on any atom is -0.294 e. The van der Waals surface area contributed by atoms with E-state index in [-0.39, 0.29) is 0 Å². The average molecular weight is 259 g/mol. The predicted octanol–water partition coefficient (Wildman–Crippen LogP) is 3.52. The van der Waals surface area contributed by atoms with E-state index >= 15 is 0 Å². The van der Waals surface area contributed by atoms with Crippen LogP contribution in [0.4, 0.5) is 8.78 Å². The van der Waals surface area contributed by atoms with Gasteiger partial charge in [0, 0.05) is 19.6 Å². The highest BCUT2D eigenvalue weighted by Crippen LogP contribution is 2.20. The molecule has 0 atom stereocenters. The van der Waals surface area contributed by atoms with Crippen LogP contribution in [0, 0.1) is 11.6 Å². The summed E-state index contributed by atoms with van der Waals surface area (Å²) in [6.45, 7) is 2.48. The van der Waals surface area contributed by atoms with Gasteiger partial charge in [-0.15, -0.1) is 0 Å². The van der Waals surface area contributed by atoms with Crippen molar-refractivity contribution >= 4 is 0 Å². The quantitative estimate of drug-likeness (QED) is 0.797. The Morgan fingerprint density at radius 2 is 1.74 bits per heavy atom. The van der Waals surface area contributed by atoms with Crippen LogP contribution in [0.25, 0.3) is 0 Å². The molecule has 0 radical (unpaired) electrons. The number of halogens is 2. The van der Waals surface area contributed by atoms with Crippen molar-refractivity contribution in [3.05, 3.63) is 70.8 Å². The molecular formula is C16H15F2N. The van der Waals surface area contributed by atoms with E-state index in [1.165, 1.54) is 23.3 Å². The fourth-order valence-corrected chi connectivity index (χ4v) is 2.59. The number of hydrogen-bond donors (Lipinski definition) is 0. The molecule has 1 aliphatic heterocycles. The lowest BCUT2D eigenvalue weighted by Crippen LogP contribution is -2.30. The molecule has 3 rings (SSSR count). The highest BCUT2D eigenvalue weighted by atomic mass is 19.2. The fourth-order valence-electron chi connectivity index (χ4n) is 2.59. The maximum atomic E-state index is 13.2. The van der Waals surface area contributed by atoms with Gasteiger partial charge in [0.25, 0.3) is 0 Å². The molecule has 19 heavy (non-hydrogen) atoms. The molecule has 0 aliphatic carbocycles. The molecular weight excluding hydrogens is 244 g/mol. The summed E-state index contributed by atoms with van der Waals surface area (Å²) in [6, 6.07) is 12.5. The van der Waals surface area contributed by atoms with Crippen molar-refractivity contribution in [3.63, 3.8) is 0 Å². The van der Waals surface area contributed by atoms with Crippen LogP contribution in [0.2, 0.25) is 0 Å². The molecule has 0 fully saturated rings. The maximum Gasteiger partial charge on any atom is 0.159 e. The first-order valence-corrected chi connectivity index (χ1v) is 6.45. The summed E-state index contributed by atoms with van der Waals surface area (Å²) in [6.07, 6.45) is 1.01. The van der Waals surface area contributed by atoms with E-state index in [1.807, 2.05) is 6.07 Å². The lowest BCUT2D eigenvalue weighted by molar-refractivity contribution is 0.245. The molecule has 1 nitrogen and oxygen atoms in total. The van der Waals surface area contributed by atoms with Gasteiger partial charge in [0.05, 0.1) is 0 Å². The van der Waals surface area contributed by atoms with E-state index in [9.17, 15) is 8.78 Å². The van der Waals surface area contributed by atoms with Crippen molar-refractivity contribution in [3.8, 4) is 0 Å². The highest BCUT2D eigenvalue weighted by molar-refractivity contribution is 5.29. The first-order chi connectivity index (χ1) is 9.22. The Morgan fingerprint density at radius 1 is 0.947 bits per heavy atom. The summed E-state index contributed by atoms with van der Waals surface area (Å²) in [7, 11) is 0. The number of benzene rings is 2. The van der Waals surface area contributed by atoms with Crippen LogP contribution in [0.15, 0.2) is 42.5 Å². The summed E-state index contributed by atoms with van der Waals surface area (Å²) in [5, 5.41) is 0. The van der Waals surface area contributed by atoms with Crippen LogP contribution in [-0.4, -0.2) is 11.4 Å². The number of rotatable bonds is 2. The first-order valence-electron chi connectivity index (χ1n) is 6.45. The van der Waals surface area contributed by atoms with Gasteiger partial charge in [0.15, 0.2) is 11.6 Å². The molecule has 3 heteroatoms. The standard InChI is InChI=1S/C16H15F2N/c17-15-6-5-12(9-16(15)18)10-19-8-7-13-3-1-2-4-14(13)11-19/h1-6,9H,7-8,10-11H2. The van der Waals surface area contributed by atoms with Gasteiger partial charge < -0.3 is 0 Å². The topological polar surface area (TPSA) is 3.24 Å². The van der Waals surface area contributed by atoms with Crippen molar-refractivity contribution in [1.29, 1.82) is 0 Å². The zero-order chi connectivity index (χ0) is 13.2. The van der Waals surface area contributed by atoms with Crippen LogP contribution in [-0.2, 0) is 19.5 Å². The number of hydrogen-bond acceptors (Lipinski definition) is 1. The van der Waals surface area contributed by atoms with Crippen molar-refractivity contribution in [2.24, 2.45) is 0 Å². The van der Waals surface area contributed by atoms with E-state index in [1.54, 1.807) is 6.07 Å². The summed E-state index contributed by atoms with van der Waals surface area (Å²) < 4.78 is 26.1. The Labute approximate surface area is 111 Å². The smallest absolute Gasteiger partial charge is 0.159 e. The van der Waals surface area contributed by atoms with Crippen LogP contribution in [0.3, 0.4) is 0 Å². The second kappa shape index (κ2) is 5.10. The Bertz CT molecular complexity index is 595. The lowest BCUT2D eigenvalue weighted by atomic mass is 9.99. The van der Waals surface area contributed by atoms with Crippen LogP contribution in [0.5, 0.6) is 0 Å². The minimum atomic E-state index is -0.785. The third kappa shape index (κ3) is 2.66. The summed E-state index contributed by atoms with van der Waals surface area (Å²) >= 11 is 0. The van der Waals surface area contributed by atoms with Crippen molar-refractivity contribution in [1.82, 2.24) is 4.90 Å². The van der Waals surface area contributed by atoms with Crippen LogP contribution >= 0.6 is 0 Å². The van der Waals surface area contributed by atoms with Crippen molar-refractivity contribution in [2.45, 2.75) is 19.5 Å². The molecule has 0 spiro atoms. The Hall–Kier alpha value is -1.74. The van der Waals surface area contributed by atoms with Gasteiger partial charge in [0.2, 0.25) is 0 Å².